The first-order chi connectivity index (χ1) is 6.75. The van der Waals surface area contributed by atoms with Crippen molar-refractivity contribution >= 4 is 29.2 Å². The van der Waals surface area contributed by atoms with Gasteiger partial charge in [0.15, 0.2) is 0 Å². The maximum absolute atomic E-state index is 5.72. The van der Waals surface area contributed by atoms with Crippen molar-refractivity contribution in [2.45, 2.75) is 0 Å². The standard InChI is InChI=1S/C12H8BBr/c13-11-5-1-3-9(7-11)10-4-2-6-12(14)8-10/h1-8H. The zero-order valence-corrected chi connectivity index (χ0v) is 9.16. The lowest BCUT2D eigenvalue weighted by Crippen LogP contribution is -2.00. The summed E-state index contributed by atoms with van der Waals surface area (Å²) in [5.74, 6) is 0. The third-order valence-electron chi connectivity index (χ3n) is 2.04. The van der Waals surface area contributed by atoms with E-state index in [4.69, 9.17) is 7.85 Å². The second kappa shape index (κ2) is 4.01. The predicted octanol–water partition coefficient (Wildman–Crippen LogP) is 2.91. The fraction of sp³-hybridized carbons (Fsp3) is 0. The molecule has 2 radical (unpaired) electrons. The molecule has 0 aromatic heterocycles. The van der Waals surface area contributed by atoms with E-state index < -0.39 is 0 Å². The van der Waals surface area contributed by atoms with Gasteiger partial charge in [-0.1, -0.05) is 57.8 Å². The van der Waals surface area contributed by atoms with Crippen molar-refractivity contribution in [3.05, 3.63) is 53.0 Å². The number of halogens is 1. The zero-order valence-electron chi connectivity index (χ0n) is 7.57. The Morgan fingerprint density at radius 3 is 2.14 bits per heavy atom. The summed E-state index contributed by atoms with van der Waals surface area (Å²) < 4.78 is 1.08. The van der Waals surface area contributed by atoms with E-state index >= 15 is 0 Å². The van der Waals surface area contributed by atoms with Crippen LogP contribution in [0.5, 0.6) is 0 Å². The van der Waals surface area contributed by atoms with Crippen LogP contribution in [0.25, 0.3) is 11.1 Å². The monoisotopic (exact) mass is 242 g/mol. The van der Waals surface area contributed by atoms with Crippen molar-refractivity contribution < 1.29 is 0 Å². The van der Waals surface area contributed by atoms with Crippen LogP contribution in [-0.2, 0) is 0 Å². The highest BCUT2D eigenvalue weighted by molar-refractivity contribution is 9.10. The Hall–Kier alpha value is -1.02. The molecule has 2 heteroatoms. The highest BCUT2D eigenvalue weighted by Gasteiger charge is 1.97. The zero-order chi connectivity index (χ0) is 9.97. The summed E-state index contributed by atoms with van der Waals surface area (Å²) in [5.41, 5.74) is 3.11. The van der Waals surface area contributed by atoms with Crippen LogP contribution in [0.2, 0.25) is 0 Å². The second-order valence-corrected chi connectivity index (χ2v) is 4.05. The van der Waals surface area contributed by atoms with Crippen molar-refractivity contribution in [3.8, 4) is 11.1 Å². The summed E-state index contributed by atoms with van der Waals surface area (Å²) in [6.45, 7) is 0. The Bertz CT molecular complexity index is 408. The van der Waals surface area contributed by atoms with Crippen LogP contribution < -0.4 is 5.46 Å². The van der Waals surface area contributed by atoms with Gasteiger partial charge in [0.1, 0.15) is 7.85 Å². The first-order valence-corrected chi connectivity index (χ1v) is 5.16. The molecule has 0 saturated carbocycles. The number of benzene rings is 2. The second-order valence-electron chi connectivity index (χ2n) is 3.14. The van der Waals surface area contributed by atoms with Gasteiger partial charge in [0, 0.05) is 4.47 Å². The molecule has 0 saturated heterocycles. The lowest BCUT2D eigenvalue weighted by molar-refractivity contribution is 1.61. The topological polar surface area (TPSA) is 0 Å². The van der Waals surface area contributed by atoms with E-state index in [0.29, 0.717) is 0 Å². The molecule has 0 nitrogen and oxygen atoms in total. The highest BCUT2D eigenvalue weighted by Crippen LogP contribution is 2.21. The van der Waals surface area contributed by atoms with Crippen molar-refractivity contribution in [3.63, 3.8) is 0 Å². The molecule has 0 fully saturated rings. The number of hydrogen-bond donors (Lipinski definition) is 0. The summed E-state index contributed by atoms with van der Waals surface area (Å²) in [6, 6.07) is 16.1. The van der Waals surface area contributed by atoms with Crippen LogP contribution in [0.3, 0.4) is 0 Å². The summed E-state index contributed by atoms with van der Waals surface area (Å²) in [4.78, 5) is 0. The van der Waals surface area contributed by atoms with Gasteiger partial charge in [-0.25, -0.2) is 0 Å². The van der Waals surface area contributed by atoms with Crippen molar-refractivity contribution in [2.24, 2.45) is 0 Å². The van der Waals surface area contributed by atoms with E-state index in [1.807, 2.05) is 30.3 Å². The molecule has 0 amide bonds. The van der Waals surface area contributed by atoms with Gasteiger partial charge in [-0.3, -0.25) is 0 Å². The molecule has 0 bridgehead atoms. The van der Waals surface area contributed by atoms with Crippen LogP contribution in [0.4, 0.5) is 0 Å². The summed E-state index contributed by atoms with van der Waals surface area (Å²) in [5, 5.41) is 0. The average Bonchev–Trinajstić information content (AvgIpc) is 2.18. The van der Waals surface area contributed by atoms with Crippen LogP contribution >= 0.6 is 15.9 Å². The molecule has 0 aliphatic heterocycles. The molecule has 2 aromatic carbocycles. The predicted molar refractivity (Wildman–Crippen MR) is 65.0 cm³/mol. The van der Waals surface area contributed by atoms with Gasteiger partial charge in [-0.15, -0.1) is 0 Å². The lowest BCUT2D eigenvalue weighted by Gasteiger charge is -2.03. The maximum Gasteiger partial charge on any atom is 0.113 e. The van der Waals surface area contributed by atoms with Gasteiger partial charge in [-0.2, -0.15) is 0 Å². The third kappa shape index (κ3) is 2.07. The molecule has 0 aliphatic carbocycles. The van der Waals surface area contributed by atoms with E-state index in [9.17, 15) is 0 Å². The first-order valence-electron chi connectivity index (χ1n) is 4.37. The van der Waals surface area contributed by atoms with Crippen LogP contribution in [0.15, 0.2) is 53.0 Å². The van der Waals surface area contributed by atoms with Gasteiger partial charge in [0.2, 0.25) is 0 Å². The lowest BCUT2D eigenvalue weighted by atomic mass is 9.92. The summed E-state index contributed by atoms with van der Waals surface area (Å²) in [7, 11) is 5.72. The fourth-order valence-corrected chi connectivity index (χ4v) is 1.79. The smallest absolute Gasteiger partial charge is 0.0961 e. The van der Waals surface area contributed by atoms with Crippen LogP contribution in [-0.4, -0.2) is 7.85 Å². The largest absolute Gasteiger partial charge is 0.113 e. The van der Waals surface area contributed by atoms with E-state index in [2.05, 4.69) is 34.1 Å². The van der Waals surface area contributed by atoms with Crippen molar-refractivity contribution in [1.82, 2.24) is 0 Å². The minimum absolute atomic E-state index is 0.794. The molecular formula is C12H8BBr. The molecule has 14 heavy (non-hydrogen) atoms. The SMILES string of the molecule is [B]c1cccc(-c2cccc(Br)c2)c1. The third-order valence-corrected chi connectivity index (χ3v) is 2.54. The van der Waals surface area contributed by atoms with Gasteiger partial charge >= 0.3 is 0 Å². The molecule has 0 aliphatic rings. The van der Waals surface area contributed by atoms with E-state index in [-0.39, 0.29) is 0 Å². The molecule has 0 unspecified atom stereocenters. The normalized spacial score (nSPS) is 10.1. The first kappa shape index (κ1) is 9.54. The van der Waals surface area contributed by atoms with Gasteiger partial charge in [-0.05, 0) is 23.3 Å². The Kier molecular flexibility index (Phi) is 2.73. The van der Waals surface area contributed by atoms with Crippen molar-refractivity contribution in [2.75, 3.05) is 0 Å². The Labute approximate surface area is 93.5 Å². The molecule has 0 spiro atoms. The minimum Gasteiger partial charge on any atom is -0.0961 e. The van der Waals surface area contributed by atoms with Crippen molar-refractivity contribution in [1.29, 1.82) is 0 Å². The molecule has 2 aromatic rings. The van der Waals surface area contributed by atoms with E-state index in [1.165, 1.54) is 5.56 Å². The molecule has 0 N–H and O–H groups in total. The maximum atomic E-state index is 5.72. The Morgan fingerprint density at radius 1 is 0.857 bits per heavy atom. The quantitative estimate of drug-likeness (QED) is 0.675. The summed E-state index contributed by atoms with van der Waals surface area (Å²) in [6.07, 6.45) is 0. The molecule has 0 heterocycles. The molecular weight excluding hydrogens is 235 g/mol. The van der Waals surface area contributed by atoms with Gasteiger partial charge in [0.05, 0.1) is 0 Å². The molecule has 2 rings (SSSR count). The molecule has 0 atom stereocenters. The summed E-state index contributed by atoms with van der Waals surface area (Å²) >= 11 is 3.45. The average molecular weight is 243 g/mol. The number of hydrogen-bond acceptors (Lipinski definition) is 0. The van der Waals surface area contributed by atoms with E-state index in [0.717, 1.165) is 15.5 Å². The van der Waals surface area contributed by atoms with Crippen LogP contribution in [0, 0.1) is 0 Å². The minimum atomic E-state index is 0.794. The Balaban J connectivity index is 2.49. The van der Waals surface area contributed by atoms with Crippen LogP contribution in [0.1, 0.15) is 0 Å². The van der Waals surface area contributed by atoms with Gasteiger partial charge in [0.25, 0.3) is 0 Å². The molecule has 66 valence electrons. The fourth-order valence-electron chi connectivity index (χ4n) is 1.39. The van der Waals surface area contributed by atoms with E-state index in [1.54, 1.807) is 0 Å². The highest BCUT2D eigenvalue weighted by atomic mass is 79.9. The van der Waals surface area contributed by atoms with Gasteiger partial charge < -0.3 is 0 Å². The number of rotatable bonds is 1. The Morgan fingerprint density at radius 2 is 1.50 bits per heavy atom.